The van der Waals surface area contributed by atoms with Gasteiger partial charge in [0.2, 0.25) is 23.6 Å². The molecule has 1 aliphatic heterocycles. The Morgan fingerprint density at radius 3 is 1.74 bits per heavy atom. The first kappa shape index (κ1) is 60.5. The van der Waals surface area contributed by atoms with E-state index in [4.69, 9.17) is 24.7 Å². The molecular formula is C48H86N4O13S. The van der Waals surface area contributed by atoms with Crippen molar-refractivity contribution in [2.24, 2.45) is 5.73 Å². The second-order valence-electron chi connectivity index (χ2n) is 17.7. The summed E-state index contributed by atoms with van der Waals surface area (Å²) in [5.41, 5.74) is 4.31. The van der Waals surface area contributed by atoms with Crippen LogP contribution in [0.4, 0.5) is 0 Å². The number of primary amides is 1. The third-order valence-corrected chi connectivity index (χ3v) is 12.2. The molecule has 4 amide bonds. The van der Waals surface area contributed by atoms with Crippen LogP contribution in [-0.2, 0) is 57.2 Å². The molecule has 0 aliphatic carbocycles. The van der Waals surface area contributed by atoms with Crippen LogP contribution in [0.2, 0.25) is 0 Å². The number of esters is 3. The number of aliphatic hydroxyl groups excluding tert-OH is 1. The van der Waals surface area contributed by atoms with Gasteiger partial charge in [-0.15, -0.1) is 12.6 Å². The molecule has 0 aromatic carbocycles. The molecule has 1 rings (SSSR count). The monoisotopic (exact) mass is 959 g/mol. The smallest absolute Gasteiger partial charge is 0.309 e. The Morgan fingerprint density at radius 1 is 0.697 bits per heavy atom. The minimum absolute atomic E-state index is 0.117. The summed E-state index contributed by atoms with van der Waals surface area (Å²) in [5, 5.41) is 19.0. The minimum Gasteiger partial charge on any atom is -0.469 e. The molecule has 0 aromatic rings. The molecule has 9 atom stereocenters. The van der Waals surface area contributed by atoms with Crippen molar-refractivity contribution in [2.45, 2.75) is 249 Å². The SMILES string of the molecule is CCCCCCCCCCCCCC(=O)O[C@H](CCCCCCCCCCC)CC(=O)OC[C@H]1O[C@@H](S)[C@H](NC(C)=O)[C@H](OC(C)C(=O)N[C@@H](C)C(=O)N[C@H](CCC(=O)OC)C(N)=O)[C@@H]1O. The Kier molecular flexibility index (Phi) is 33.5. The van der Waals surface area contributed by atoms with Crippen molar-refractivity contribution in [3.63, 3.8) is 0 Å². The highest BCUT2D eigenvalue weighted by Gasteiger charge is 2.47. The number of hydrogen-bond donors (Lipinski definition) is 6. The van der Waals surface area contributed by atoms with Crippen LogP contribution in [0.3, 0.4) is 0 Å². The van der Waals surface area contributed by atoms with Gasteiger partial charge in [-0.25, -0.2) is 0 Å². The Morgan fingerprint density at radius 2 is 1.23 bits per heavy atom. The van der Waals surface area contributed by atoms with Gasteiger partial charge in [0.25, 0.3) is 0 Å². The molecule has 1 aliphatic rings. The Labute approximate surface area is 400 Å². The highest BCUT2D eigenvalue weighted by atomic mass is 32.1. The number of unbranched alkanes of at least 4 members (excludes halogenated alkanes) is 18. The van der Waals surface area contributed by atoms with Gasteiger partial charge in [-0.2, -0.15) is 0 Å². The highest BCUT2D eigenvalue weighted by molar-refractivity contribution is 7.80. The van der Waals surface area contributed by atoms with Gasteiger partial charge in [0.05, 0.1) is 19.6 Å². The molecule has 1 heterocycles. The molecule has 382 valence electrons. The zero-order chi connectivity index (χ0) is 49.3. The maximum Gasteiger partial charge on any atom is 0.309 e. The van der Waals surface area contributed by atoms with Crippen LogP contribution >= 0.6 is 12.6 Å². The number of rotatable bonds is 38. The molecule has 1 fully saturated rings. The number of carbonyl (C=O) groups is 7. The van der Waals surface area contributed by atoms with Crippen LogP contribution in [0.1, 0.15) is 195 Å². The molecule has 0 saturated carbocycles. The number of nitrogens with one attached hydrogen (secondary N) is 3. The van der Waals surface area contributed by atoms with Gasteiger partial charge in [-0.3, -0.25) is 33.6 Å². The molecule has 0 aromatic heterocycles. The van der Waals surface area contributed by atoms with Crippen molar-refractivity contribution < 1.29 is 62.4 Å². The Bertz CT molecular complexity index is 1420. The van der Waals surface area contributed by atoms with Crippen LogP contribution < -0.4 is 21.7 Å². The van der Waals surface area contributed by atoms with E-state index in [0.29, 0.717) is 6.42 Å². The van der Waals surface area contributed by atoms with Crippen LogP contribution in [0.5, 0.6) is 0 Å². The number of ether oxygens (including phenoxy) is 5. The fourth-order valence-electron chi connectivity index (χ4n) is 7.75. The summed E-state index contributed by atoms with van der Waals surface area (Å²) < 4.78 is 27.9. The van der Waals surface area contributed by atoms with Crippen LogP contribution in [0, 0.1) is 0 Å². The van der Waals surface area contributed by atoms with Crippen molar-refractivity contribution in [2.75, 3.05) is 13.7 Å². The third kappa shape index (κ3) is 27.4. The van der Waals surface area contributed by atoms with Gasteiger partial charge in [0.1, 0.15) is 54.6 Å². The predicted molar refractivity (Wildman–Crippen MR) is 254 cm³/mol. The zero-order valence-electron chi connectivity index (χ0n) is 41.0. The van der Waals surface area contributed by atoms with E-state index in [1.165, 1.54) is 105 Å². The van der Waals surface area contributed by atoms with Gasteiger partial charge in [0.15, 0.2) is 0 Å². The quantitative estimate of drug-likeness (QED) is 0.0176. The predicted octanol–water partition coefficient (Wildman–Crippen LogP) is 6.18. The molecule has 0 radical (unpaired) electrons. The first-order chi connectivity index (χ1) is 31.5. The molecule has 1 unspecified atom stereocenters. The van der Waals surface area contributed by atoms with Gasteiger partial charge >= 0.3 is 17.9 Å². The van der Waals surface area contributed by atoms with Crippen LogP contribution in [0.15, 0.2) is 0 Å². The van der Waals surface area contributed by atoms with Gasteiger partial charge in [-0.05, 0) is 39.5 Å². The average molecular weight is 959 g/mol. The fourth-order valence-corrected chi connectivity index (χ4v) is 8.15. The standard InChI is InChI=1S/C48H86N4O13S/c1-7-9-11-13-15-17-18-20-22-24-26-28-40(55)64-36(27-25-23-21-19-16-14-12-10-8-2)31-41(56)62-32-38-43(57)44(42(48(66)65-38)51-35(5)53)63-34(4)47(60)50-33(3)46(59)52-37(45(49)58)29-30-39(54)61-6/h33-34,36-38,42-44,48,57,66H,7-32H2,1-6H3,(H2,49,58)(H,50,60)(H,51,53)(H,52,59)/t33-,34?,36+,37+,38+,42+,43+,44-,48-/m0/s1. The molecule has 6 N–H and O–H groups in total. The average Bonchev–Trinajstić information content (AvgIpc) is 3.27. The lowest BCUT2D eigenvalue weighted by atomic mass is 9.97. The third-order valence-electron chi connectivity index (χ3n) is 11.8. The summed E-state index contributed by atoms with van der Waals surface area (Å²) in [4.78, 5) is 88.0. The molecular weight excluding hydrogens is 873 g/mol. The number of aliphatic hydroxyl groups is 1. The van der Waals surface area contributed by atoms with E-state index >= 15 is 0 Å². The Balaban J connectivity index is 2.87. The van der Waals surface area contributed by atoms with Crippen molar-refractivity contribution in [1.29, 1.82) is 0 Å². The van der Waals surface area contributed by atoms with E-state index in [9.17, 15) is 38.7 Å². The van der Waals surface area contributed by atoms with Gasteiger partial charge in [-0.1, -0.05) is 129 Å². The molecule has 0 spiro atoms. The number of methoxy groups -OCH3 is 1. The minimum atomic E-state index is -1.54. The molecule has 66 heavy (non-hydrogen) atoms. The summed E-state index contributed by atoms with van der Waals surface area (Å²) in [6.07, 6.45) is 17.1. The number of amides is 4. The van der Waals surface area contributed by atoms with E-state index in [2.05, 4.69) is 47.2 Å². The van der Waals surface area contributed by atoms with E-state index in [1.54, 1.807) is 0 Å². The van der Waals surface area contributed by atoms with Gasteiger partial charge in [0, 0.05) is 19.8 Å². The fraction of sp³-hybridized carbons (Fsp3) is 0.854. The number of nitrogens with two attached hydrogens (primary N) is 1. The summed E-state index contributed by atoms with van der Waals surface area (Å²) in [6.45, 7) is 7.95. The second-order valence-corrected chi connectivity index (χ2v) is 18.2. The largest absolute Gasteiger partial charge is 0.469 e. The first-order valence-corrected chi connectivity index (χ1v) is 25.3. The van der Waals surface area contributed by atoms with E-state index in [1.807, 2.05) is 0 Å². The van der Waals surface area contributed by atoms with Crippen molar-refractivity contribution in [1.82, 2.24) is 16.0 Å². The molecule has 17 nitrogen and oxygen atoms in total. The summed E-state index contributed by atoms with van der Waals surface area (Å²) >= 11 is 4.48. The van der Waals surface area contributed by atoms with Crippen molar-refractivity contribution in [3.05, 3.63) is 0 Å². The van der Waals surface area contributed by atoms with E-state index < -0.39 is 96.3 Å². The zero-order valence-corrected chi connectivity index (χ0v) is 41.8. The van der Waals surface area contributed by atoms with E-state index in [-0.39, 0.29) is 31.7 Å². The van der Waals surface area contributed by atoms with Crippen LogP contribution in [-0.4, -0.2) is 114 Å². The maximum atomic E-state index is 13.3. The maximum absolute atomic E-state index is 13.3. The second kappa shape index (κ2) is 36.5. The molecule has 18 heteroatoms. The van der Waals surface area contributed by atoms with Crippen LogP contribution in [0.25, 0.3) is 0 Å². The summed E-state index contributed by atoms with van der Waals surface area (Å²) in [6, 6.07) is -3.45. The lowest BCUT2D eigenvalue weighted by Crippen LogP contribution is -2.64. The normalized spacial score (nSPS) is 20.0. The number of carbonyl (C=O) groups excluding carboxylic acids is 7. The van der Waals surface area contributed by atoms with Gasteiger partial charge < -0.3 is 50.5 Å². The Hall–Kier alpha value is -3.48. The molecule has 0 bridgehead atoms. The van der Waals surface area contributed by atoms with E-state index in [0.717, 1.165) is 51.4 Å². The molecule has 1 saturated heterocycles. The number of thiol groups is 1. The first-order valence-electron chi connectivity index (χ1n) is 24.8. The van der Waals surface area contributed by atoms with Crippen molar-refractivity contribution in [3.8, 4) is 0 Å². The summed E-state index contributed by atoms with van der Waals surface area (Å²) in [5.74, 6) is -4.53. The lowest BCUT2D eigenvalue weighted by molar-refractivity contribution is -0.204. The topological polar surface area (TPSA) is 248 Å². The summed E-state index contributed by atoms with van der Waals surface area (Å²) in [7, 11) is 1.18. The highest BCUT2D eigenvalue weighted by Crippen LogP contribution is 2.28. The van der Waals surface area contributed by atoms with Crippen molar-refractivity contribution >= 4 is 54.2 Å². The number of hydrogen-bond acceptors (Lipinski definition) is 14. The lowest BCUT2D eigenvalue weighted by Gasteiger charge is -2.43.